The standard InChI is InChI=1S/C20H21Cl2N5O/c1-12-20(24-19(28)8-6-15-10-23-26(4)13(15)2)14(3)27(25-12)11-16-5-7-17(21)9-18(16)22/h5-10H,11H2,1-4H3,(H,24,28)/b8-6+. The highest BCUT2D eigenvalue weighted by molar-refractivity contribution is 6.35. The second-order valence-electron chi connectivity index (χ2n) is 6.57. The molecular weight excluding hydrogens is 397 g/mol. The van der Waals surface area contributed by atoms with Crippen LogP contribution in [0.2, 0.25) is 10.0 Å². The summed E-state index contributed by atoms with van der Waals surface area (Å²) >= 11 is 12.2. The Morgan fingerprint density at radius 3 is 2.61 bits per heavy atom. The van der Waals surface area contributed by atoms with Crippen LogP contribution >= 0.6 is 23.2 Å². The van der Waals surface area contributed by atoms with Crippen molar-refractivity contribution in [2.75, 3.05) is 5.32 Å². The second-order valence-corrected chi connectivity index (χ2v) is 7.41. The van der Waals surface area contributed by atoms with Crippen LogP contribution < -0.4 is 5.32 Å². The highest BCUT2D eigenvalue weighted by atomic mass is 35.5. The van der Waals surface area contributed by atoms with Crippen LogP contribution in [0.25, 0.3) is 6.08 Å². The topological polar surface area (TPSA) is 64.7 Å². The fourth-order valence-electron chi connectivity index (χ4n) is 2.85. The van der Waals surface area contributed by atoms with Gasteiger partial charge in [0.05, 0.1) is 29.8 Å². The van der Waals surface area contributed by atoms with Crippen molar-refractivity contribution in [1.82, 2.24) is 19.6 Å². The average molecular weight is 418 g/mol. The molecule has 0 spiro atoms. The Morgan fingerprint density at radius 1 is 1.21 bits per heavy atom. The van der Waals surface area contributed by atoms with E-state index in [-0.39, 0.29) is 5.91 Å². The van der Waals surface area contributed by atoms with Crippen LogP contribution in [-0.4, -0.2) is 25.5 Å². The number of rotatable bonds is 5. The summed E-state index contributed by atoms with van der Waals surface area (Å²) in [5, 5.41) is 12.8. The number of hydrogen-bond donors (Lipinski definition) is 1. The van der Waals surface area contributed by atoms with Gasteiger partial charge in [-0.25, -0.2) is 0 Å². The van der Waals surface area contributed by atoms with Crippen molar-refractivity contribution in [3.05, 3.63) is 68.7 Å². The zero-order valence-corrected chi connectivity index (χ0v) is 17.6. The molecule has 3 rings (SSSR count). The van der Waals surface area contributed by atoms with E-state index < -0.39 is 0 Å². The quantitative estimate of drug-likeness (QED) is 0.619. The first-order valence-corrected chi connectivity index (χ1v) is 9.47. The maximum Gasteiger partial charge on any atom is 0.248 e. The van der Waals surface area contributed by atoms with Crippen molar-refractivity contribution in [2.24, 2.45) is 7.05 Å². The predicted octanol–water partition coefficient (Wildman–Crippen LogP) is 4.55. The van der Waals surface area contributed by atoms with Crippen LogP contribution in [0.5, 0.6) is 0 Å². The van der Waals surface area contributed by atoms with Gasteiger partial charge in [-0.2, -0.15) is 10.2 Å². The molecule has 8 heteroatoms. The zero-order chi connectivity index (χ0) is 20.4. The number of nitrogens with one attached hydrogen (secondary N) is 1. The third-order valence-corrected chi connectivity index (χ3v) is 5.24. The number of nitrogens with zero attached hydrogens (tertiary/aromatic N) is 4. The van der Waals surface area contributed by atoms with Crippen LogP contribution in [0.4, 0.5) is 5.69 Å². The summed E-state index contributed by atoms with van der Waals surface area (Å²) in [6.07, 6.45) is 4.97. The molecule has 0 saturated carbocycles. The number of carbonyl (C=O) groups excluding carboxylic acids is 1. The van der Waals surface area contributed by atoms with Crippen LogP contribution in [0.15, 0.2) is 30.5 Å². The lowest BCUT2D eigenvalue weighted by Crippen LogP contribution is -2.10. The van der Waals surface area contributed by atoms with Crippen molar-refractivity contribution in [2.45, 2.75) is 27.3 Å². The van der Waals surface area contributed by atoms with Crippen LogP contribution in [-0.2, 0) is 18.4 Å². The number of aryl methyl sites for hydroxylation is 2. The average Bonchev–Trinajstić information content (AvgIpc) is 3.09. The number of carbonyl (C=O) groups is 1. The number of halogens is 2. The van der Waals surface area contributed by atoms with Gasteiger partial charge >= 0.3 is 0 Å². The van der Waals surface area contributed by atoms with E-state index in [1.54, 1.807) is 29.1 Å². The summed E-state index contributed by atoms with van der Waals surface area (Å²) < 4.78 is 3.58. The van der Waals surface area contributed by atoms with Crippen molar-refractivity contribution >= 4 is 40.9 Å². The minimum absolute atomic E-state index is 0.224. The van der Waals surface area contributed by atoms with Crippen LogP contribution in [0, 0.1) is 20.8 Å². The Labute approximate surface area is 173 Å². The minimum Gasteiger partial charge on any atom is -0.319 e. The molecule has 6 nitrogen and oxygen atoms in total. The van der Waals surface area contributed by atoms with Crippen LogP contribution in [0.3, 0.4) is 0 Å². The second kappa shape index (κ2) is 8.20. The molecule has 0 saturated heterocycles. The van der Waals surface area contributed by atoms with E-state index in [1.807, 2.05) is 38.6 Å². The molecule has 0 radical (unpaired) electrons. The largest absolute Gasteiger partial charge is 0.319 e. The third kappa shape index (κ3) is 4.29. The lowest BCUT2D eigenvalue weighted by molar-refractivity contribution is -0.111. The van der Waals surface area contributed by atoms with Gasteiger partial charge in [-0.15, -0.1) is 0 Å². The van der Waals surface area contributed by atoms with Gasteiger partial charge in [-0.3, -0.25) is 14.2 Å². The first kappa shape index (κ1) is 20.2. The molecule has 1 amide bonds. The minimum atomic E-state index is -0.224. The molecular formula is C20H21Cl2N5O. The van der Waals surface area contributed by atoms with Gasteiger partial charge in [0, 0.05) is 34.4 Å². The molecule has 0 aliphatic heterocycles. The molecule has 1 N–H and O–H groups in total. The van der Waals surface area contributed by atoms with Crippen molar-refractivity contribution in [3.63, 3.8) is 0 Å². The molecule has 0 atom stereocenters. The highest BCUT2D eigenvalue weighted by Crippen LogP contribution is 2.25. The fourth-order valence-corrected chi connectivity index (χ4v) is 3.32. The Hall–Kier alpha value is -2.57. The molecule has 2 heterocycles. The van der Waals surface area contributed by atoms with Crippen molar-refractivity contribution in [1.29, 1.82) is 0 Å². The highest BCUT2D eigenvalue weighted by Gasteiger charge is 2.14. The molecule has 0 bridgehead atoms. The number of anilines is 1. The Balaban J connectivity index is 1.76. The van der Waals surface area contributed by atoms with Gasteiger partial charge in [0.25, 0.3) is 0 Å². The first-order valence-electron chi connectivity index (χ1n) is 8.72. The maximum absolute atomic E-state index is 12.4. The summed E-state index contributed by atoms with van der Waals surface area (Å²) in [6.45, 7) is 6.21. The lowest BCUT2D eigenvalue weighted by Gasteiger charge is -2.08. The van der Waals surface area contributed by atoms with Crippen LogP contribution in [0.1, 0.15) is 28.2 Å². The van der Waals surface area contributed by atoms with Gasteiger partial charge in [-0.1, -0.05) is 29.3 Å². The Kier molecular flexibility index (Phi) is 5.91. The molecule has 3 aromatic rings. The molecule has 0 unspecified atom stereocenters. The van der Waals surface area contributed by atoms with E-state index in [4.69, 9.17) is 23.2 Å². The monoisotopic (exact) mass is 417 g/mol. The van der Waals surface area contributed by atoms with E-state index in [0.29, 0.717) is 22.3 Å². The lowest BCUT2D eigenvalue weighted by atomic mass is 10.2. The molecule has 0 aliphatic carbocycles. The van der Waals surface area contributed by atoms with E-state index >= 15 is 0 Å². The summed E-state index contributed by atoms with van der Waals surface area (Å²) in [5.74, 6) is -0.224. The smallest absolute Gasteiger partial charge is 0.248 e. The van der Waals surface area contributed by atoms with Crippen molar-refractivity contribution in [3.8, 4) is 0 Å². The number of aromatic nitrogens is 4. The van der Waals surface area contributed by atoms with Gasteiger partial charge in [0.2, 0.25) is 5.91 Å². The Morgan fingerprint density at radius 2 is 1.96 bits per heavy atom. The molecule has 2 aromatic heterocycles. The first-order chi connectivity index (χ1) is 13.3. The van der Waals surface area contributed by atoms with E-state index in [2.05, 4.69) is 15.5 Å². The van der Waals surface area contributed by atoms with Gasteiger partial charge in [0.1, 0.15) is 0 Å². The molecule has 0 aliphatic rings. The third-order valence-electron chi connectivity index (χ3n) is 4.65. The van der Waals surface area contributed by atoms with Gasteiger partial charge in [0.15, 0.2) is 0 Å². The fraction of sp³-hybridized carbons (Fsp3) is 0.250. The maximum atomic E-state index is 12.4. The summed E-state index contributed by atoms with van der Waals surface area (Å²) in [4.78, 5) is 12.4. The number of hydrogen-bond acceptors (Lipinski definition) is 3. The summed E-state index contributed by atoms with van der Waals surface area (Å²) in [7, 11) is 1.86. The molecule has 146 valence electrons. The molecule has 1 aromatic carbocycles. The molecule has 28 heavy (non-hydrogen) atoms. The van der Waals surface area contributed by atoms with Gasteiger partial charge in [-0.05, 0) is 44.5 Å². The SMILES string of the molecule is Cc1nn(Cc2ccc(Cl)cc2Cl)c(C)c1NC(=O)/C=C/c1cnn(C)c1C. The van der Waals surface area contributed by atoms with Crippen molar-refractivity contribution < 1.29 is 4.79 Å². The van der Waals surface area contributed by atoms with Gasteiger partial charge < -0.3 is 5.32 Å². The zero-order valence-electron chi connectivity index (χ0n) is 16.1. The normalized spacial score (nSPS) is 11.4. The van der Waals surface area contributed by atoms with E-state index in [9.17, 15) is 4.79 Å². The number of benzene rings is 1. The Bertz CT molecular complexity index is 1060. The van der Waals surface area contributed by atoms with E-state index in [0.717, 1.165) is 28.2 Å². The predicted molar refractivity (Wildman–Crippen MR) is 113 cm³/mol. The summed E-state index contributed by atoms with van der Waals surface area (Å²) in [6, 6.07) is 5.37. The summed E-state index contributed by atoms with van der Waals surface area (Å²) in [5.41, 5.74) is 5.08. The number of amides is 1. The molecule has 0 fully saturated rings. The van der Waals surface area contributed by atoms with E-state index in [1.165, 1.54) is 6.08 Å².